The van der Waals surface area contributed by atoms with Crippen LogP contribution in [0.25, 0.3) is 0 Å². The van der Waals surface area contributed by atoms with Crippen LogP contribution in [-0.2, 0) is 14.3 Å². The summed E-state index contributed by atoms with van der Waals surface area (Å²) in [7, 11) is 1.00. The van der Waals surface area contributed by atoms with Crippen molar-refractivity contribution in [3.8, 4) is 0 Å². The monoisotopic (exact) mass is 513 g/mol. The number of thioether (sulfide) groups is 1. The molecule has 0 aromatic carbocycles. The Bertz CT molecular complexity index is 659. The lowest BCUT2D eigenvalue weighted by molar-refractivity contribution is -0.138. The van der Waals surface area contributed by atoms with Crippen molar-refractivity contribution in [2.24, 2.45) is 0 Å². The highest BCUT2D eigenvalue weighted by Crippen LogP contribution is 2.19. The van der Waals surface area contributed by atoms with Gasteiger partial charge in [-0.1, -0.05) is 43.9 Å². The van der Waals surface area contributed by atoms with Crippen LogP contribution in [-0.4, -0.2) is 59.3 Å². The average molecular weight is 514 g/mol. The minimum atomic E-state index is -0.604. The van der Waals surface area contributed by atoms with Gasteiger partial charge in [-0.3, -0.25) is 5.32 Å². The van der Waals surface area contributed by atoms with Crippen LogP contribution in [0.1, 0.15) is 68.2 Å². The minimum absolute atomic E-state index is 0.293. The molecule has 204 valence electrons. The van der Waals surface area contributed by atoms with E-state index in [9.17, 15) is 4.79 Å². The van der Waals surface area contributed by atoms with Crippen molar-refractivity contribution in [1.29, 1.82) is 0 Å². The number of ether oxygens (including phenoxy) is 2. The van der Waals surface area contributed by atoms with E-state index < -0.39 is 5.72 Å². The summed E-state index contributed by atoms with van der Waals surface area (Å²) < 4.78 is 11.2. The molecule has 0 aliphatic heterocycles. The first-order valence-corrected chi connectivity index (χ1v) is 13.2. The molecule has 0 heterocycles. The lowest BCUT2D eigenvalue weighted by Crippen LogP contribution is -2.51. The van der Waals surface area contributed by atoms with Gasteiger partial charge in [-0.25, -0.2) is 0 Å². The van der Waals surface area contributed by atoms with E-state index >= 15 is 0 Å². The summed E-state index contributed by atoms with van der Waals surface area (Å²) >= 11 is 1.61. The third-order valence-electron chi connectivity index (χ3n) is 3.93. The van der Waals surface area contributed by atoms with Gasteiger partial charge < -0.3 is 24.5 Å². The minimum Gasteiger partial charge on any atom is -0.491 e. The molecule has 7 heteroatoms. The number of carbonyl (C=O) groups is 1. The van der Waals surface area contributed by atoms with Crippen LogP contribution in [0.5, 0.6) is 0 Å². The van der Waals surface area contributed by atoms with Crippen LogP contribution >= 0.6 is 11.8 Å². The Kier molecular flexibility index (Phi) is 24.7. The number of hydrogen-bond acceptors (Lipinski definition) is 7. The van der Waals surface area contributed by atoms with E-state index in [4.69, 9.17) is 19.7 Å². The molecule has 3 N–H and O–H groups in total. The Morgan fingerprint density at radius 1 is 1.20 bits per heavy atom. The molecule has 0 spiro atoms. The van der Waals surface area contributed by atoms with Crippen molar-refractivity contribution < 1.29 is 24.5 Å². The average Bonchev–Trinajstić information content (AvgIpc) is 2.77. The van der Waals surface area contributed by atoms with E-state index in [2.05, 4.69) is 18.8 Å². The highest BCUT2D eigenvalue weighted by atomic mass is 32.2. The molecule has 6 nitrogen and oxygen atoms in total. The second kappa shape index (κ2) is 22.8. The fourth-order valence-corrected chi connectivity index (χ4v) is 3.19. The molecule has 0 saturated carbocycles. The first-order chi connectivity index (χ1) is 16.4. The van der Waals surface area contributed by atoms with Crippen molar-refractivity contribution in [2.75, 3.05) is 19.3 Å². The molecule has 0 saturated heterocycles. The highest BCUT2D eigenvalue weighted by molar-refractivity contribution is 7.98. The van der Waals surface area contributed by atoms with Crippen molar-refractivity contribution in [3.05, 3.63) is 60.4 Å². The summed E-state index contributed by atoms with van der Waals surface area (Å²) in [5, 5.41) is 19.4. The van der Waals surface area contributed by atoms with Crippen LogP contribution in [0.2, 0.25) is 0 Å². The predicted molar refractivity (Wildman–Crippen MR) is 152 cm³/mol. The Balaban J connectivity index is -0.000000712. The third-order valence-corrected chi connectivity index (χ3v) is 4.30. The first kappa shape index (κ1) is 37.9. The number of rotatable bonds is 14. The Hall–Kier alpha value is -1.64. The van der Waals surface area contributed by atoms with E-state index in [1.165, 1.54) is 0 Å². The zero-order valence-corrected chi connectivity index (χ0v) is 24.4. The van der Waals surface area contributed by atoms with E-state index in [1.54, 1.807) is 31.0 Å². The molecule has 0 aromatic heterocycles. The standard InChI is InChI=1S/C18H31NO3S.C9H16O.CH4O/c1-8-15(10-9-11-21-14-23-7)12-16(13-20)19-18(5,6)22-17(2,3)4;1-4-6-9(7-5-2)8(3)10;1-2/h8-11,13,16,19H,1,12,14H2,2-7H3;4,6-8,10H,5H2,1-3H3;2H,1H3/b11-9+,15-10+;6-4-,9-7+;/t16-;;/m1../s1. The maximum Gasteiger partial charge on any atom is 0.137 e. The maximum absolute atomic E-state index is 11.4. The van der Waals surface area contributed by atoms with Gasteiger partial charge >= 0.3 is 0 Å². The van der Waals surface area contributed by atoms with Gasteiger partial charge in [0.1, 0.15) is 18.0 Å². The van der Waals surface area contributed by atoms with Crippen molar-refractivity contribution in [3.63, 3.8) is 0 Å². The molecule has 35 heavy (non-hydrogen) atoms. The fourth-order valence-electron chi connectivity index (χ4n) is 2.98. The van der Waals surface area contributed by atoms with E-state index in [0.29, 0.717) is 12.4 Å². The van der Waals surface area contributed by atoms with Crippen LogP contribution in [0.15, 0.2) is 60.4 Å². The van der Waals surface area contributed by atoms with Crippen molar-refractivity contribution >= 4 is 18.0 Å². The van der Waals surface area contributed by atoms with E-state index in [-0.39, 0.29) is 17.7 Å². The van der Waals surface area contributed by atoms with Crippen LogP contribution in [0.4, 0.5) is 0 Å². The van der Waals surface area contributed by atoms with Crippen LogP contribution < -0.4 is 5.32 Å². The van der Waals surface area contributed by atoms with Crippen molar-refractivity contribution in [2.45, 2.75) is 91.7 Å². The lowest BCUT2D eigenvalue weighted by atomic mass is 10.0. The number of allylic oxidation sites excluding steroid dienone is 5. The molecule has 0 rings (SSSR count). The topological polar surface area (TPSA) is 88.0 Å². The molecular formula is C28H51NO5S. The predicted octanol–water partition coefficient (Wildman–Crippen LogP) is 5.94. The largest absolute Gasteiger partial charge is 0.491 e. The maximum atomic E-state index is 11.4. The summed E-state index contributed by atoms with van der Waals surface area (Å²) in [5.41, 5.74) is 1.06. The quantitative estimate of drug-likeness (QED) is 0.0871. The number of carbonyl (C=O) groups excluding carboxylic acids is 1. The summed E-state index contributed by atoms with van der Waals surface area (Å²) in [5.74, 6) is 0.616. The van der Waals surface area contributed by atoms with Gasteiger partial charge in [-0.05, 0) is 84.8 Å². The highest BCUT2D eigenvalue weighted by Gasteiger charge is 2.28. The molecule has 0 amide bonds. The van der Waals surface area contributed by atoms with E-state index in [1.807, 2.05) is 78.2 Å². The first-order valence-electron chi connectivity index (χ1n) is 11.8. The van der Waals surface area contributed by atoms with Gasteiger partial charge in [0.05, 0.1) is 24.0 Å². The Morgan fingerprint density at radius 2 is 1.80 bits per heavy atom. The SMILES string of the molecule is C/C=C\C(=C/CC)C(C)O.C=C/C(=C\C=C\OCSC)C[C@H](C=O)NC(C)(C)OC(C)(C)C.CO. The summed E-state index contributed by atoms with van der Waals surface area (Å²) in [6, 6.07) is -0.350. The summed E-state index contributed by atoms with van der Waals surface area (Å²) in [6.07, 6.45) is 17.0. The number of aliphatic hydroxyl groups is 2. The van der Waals surface area contributed by atoms with Gasteiger partial charge in [0.25, 0.3) is 0 Å². The fraction of sp³-hybridized carbons (Fsp3) is 0.607. The molecular weight excluding hydrogens is 462 g/mol. The molecule has 1 unspecified atom stereocenters. The lowest BCUT2D eigenvalue weighted by Gasteiger charge is -2.36. The zero-order valence-electron chi connectivity index (χ0n) is 23.6. The normalized spacial score (nSPS) is 14.5. The second-order valence-electron chi connectivity index (χ2n) is 8.95. The number of aldehydes is 1. The number of nitrogens with one attached hydrogen (secondary N) is 1. The summed E-state index contributed by atoms with van der Waals surface area (Å²) in [4.78, 5) is 11.4. The van der Waals surface area contributed by atoms with Gasteiger partial charge in [0.15, 0.2) is 0 Å². The van der Waals surface area contributed by atoms with Crippen LogP contribution in [0, 0.1) is 0 Å². The molecule has 0 aliphatic rings. The molecule has 2 atom stereocenters. The molecule has 0 bridgehead atoms. The smallest absolute Gasteiger partial charge is 0.137 e. The molecule has 0 radical (unpaired) electrons. The van der Waals surface area contributed by atoms with Crippen LogP contribution in [0.3, 0.4) is 0 Å². The number of hydrogen-bond donors (Lipinski definition) is 3. The molecule has 0 fully saturated rings. The Labute approximate surface area is 219 Å². The second-order valence-corrected chi connectivity index (χ2v) is 9.76. The van der Waals surface area contributed by atoms with E-state index in [0.717, 1.165) is 31.0 Å². The van der Waals surface area contributed by atoms with Crippen molar-refractivity contribution in [1.82, 2.24) is 5.32 Å². The van der Waals surface area contributed by atoms with Gasteiger partial charge in [0, 0.05) is 7.11 Å². The van der Waals surface area contributed by atoms with Gasteiger partial charge in [-0.2, -0.15) is 0 Å². The summed E-state index contributed by atoms with van der Waals surface area (Å²) in [6.45, 7) is 19.4. The zero-order chi connectivity index (χ0) is 27.9. The third kappa shape index (κ3) is 25.3. The number of aliphatic hydroxyl groups excluding tert-OH is 2. The van der Waals surface area contributed by atoms with Gasteiger partial charge in [-0.15, -0.1) is 11.8 Å². The van der Waals surface area contributed by atoms with Gasteiger partial charge in [0.2, 0.25) is 0 Å². The molecule has 0 aliphatic carbocycles. The molecule has 0 aromatic rings. The Morgan fingerprint density at radius 3 is 2.20 bits per heavy atom.